The van der Waals surface area contributed by atoms with Crippen molar-refractivity contribution in [3.8, 4) is 11.8 Å². The van der Waals surface area contributed by atoms with Gasteiger partial charge in [-0.25, -0.2) is 4.79 Å². The van der Waals surface area contributed by atoms with Crippen LogP contribution in [0, 0.1) is 11.3 Å². The zero-order valence-electron chi connectivity index (χ0n) is 12.9. The van der Waals surface area contributed by atoms with Crippen molar-refractivity contribution < 1.29 is 19.4 Å². The van der Waals surface area contributed by atoms with E-state index in [0.29, 0.717) is 11.3 Å². The predicted molar refractivity (Wildman–Crippen MR) is 91.3 cm³/mol. The Labute approximate surface area is 148 Å². The van der Waals surface area contributed by atoms with Crippen molar-refractivity contribution in [1.29, 1.82) is 5.26 Å². The summed E-state index contributed by atoms with van der Waals surface area (Å²) in [5.41, 5.74) is 0.420. The summed E-state index contributed by atoms with van der Waals surface area (Å²) in [4.78, 5) is 22.9. The predicted octanol–water partition coefficient (Wildman–Crippen LogP) is 2.88. The van der Waals surface area contributed by atoms with Crippen molar-refractivity contribution in [2.45, 2.75) is 31.7 Å². The van der Waals surface area contributed by atoms with Crippen LogP contribution in [0.3, 0.4) is 0 Å². The van der Waals surface area contributed by atoms with E-state index >= 15 is 0 Å². The Kier molecular flexibility index (Phi) is 6.38. The number of carbonyl (C=O) groups excluding carboxylic acids is 1. The smallest absolute Gasteiger partial charge is 0.341 e. The fraction of sp³-hybridized carbons (Fsp3) is 0.353. The van der Waals surface area contributed by atoms with Crippen LogP contribution in [-0.4, -0.2) is 29.6 Å². The van der Waals surface area contributed by atoms with Crippen LogP contribution in [0.2, 0.25) is 0 Å². The maximum Gasteiger partial charge on any atom is 0.341 e. The fourth-order valence-electron chi connectivity index (χ4n) is 2.54. The summed E-state index contributed by atoms with van der Waals surface area (Å²) >= 11 is 3.31. The summed E-state index contributed by atoms with van der Waals surface area (Å²) in [5, 5.41) is 20.9. The van der Waals surface area contributed by atoms with Gasteiger partial charge >= 0.3 is 5.97 Å². The molecule has 1 fully saturated rings. The number of amides is 1. The lowest BCUT2D eigenvalue weighted by Crippen LogP contribution is -2.33. The molecule has 1 amide bonds. The molecule has 0 saturated heterocycles. The Bertz CT molecular complexity index is 703. The van der Waals surface area contributed by atoms with Crippen molar-refractivity contribution in [1.82, 2.24) is 5.32 Å². The Balaban J connectivity index is 2.22. The molecule has 24 heavy (non-hydrogen) atoms. The van der Waals surface area contributed by atoms with E-state index in [1.165, 1.54) is 6.08 Å². The third kappa shape index (κ3) is 5.10. The lowest BCUT2D eigenvalue weighted by molar-refractivity contribution is -0.139. The molecule has 0 radical (unpaired) electrons. The summed E-state index contributed by atoms with van der Waals surface area (Å²) in [5.74, 6) is -1.23. The number of ether oxygens (including phenoxy) is 1. The highest BCUT2D eigenvalue weighted by molar-refractivity contribution is 9.10. The maximum atomic E-state index is 12.2. The minimum atomic E-state index is -1.10. The van der Waals surface area contributed by atoms with Gasteiger partial charge in [-0.15, -0.1) is 0 Å². The van der Waals surface area contributed by atoms with E-state index in [4.69, 9.17) is 9.84 Å². The standard InChI is InChI=1S/C17H17BrN2O4/c18-13-5-6-15(24-10-16(21)22)11(8-13)7-12(9-19)17(23)20-14-3-1-2-4-14/h5-8,14H,1-4,10H2,(H,20,23)(H,21,22)/b12-7-. The van der Waals surface area contributed by atoms with Crippen molar-refractivity contribution in [3.05, 3.63) is 33.8 Å². The highest BCUT2D eigenvalue weighted by atomic mass is 79.9. The number of halogens is 1. The van der Waals surface area contributed by atoms with Gasteiger partial charge in [0.15, 0.2) is 6.61 Å². The molecule has 1 saturated carbocycles. The summed E-state index contributed by atoms with van der Waals surface area (Å²) in [6, 6.07) is 6.95. The minimum absolute atomic E-state index is 0.0415. The Morgan fingerprint density at radius 1 is 1.42 bits per heavy atom. The van der Waals surface area contributed by atoms with Crippen LogP contribution in [-0.2, 0) is 9.59 Å². The monoisotopic (exact) mass is 392 g/mol. The van der Waals surface area contributed by atoms with Gasteiger partial charge in [0.25, 0.3) is 5.91 Å². The minimum Gasteiger partial charge on any atom is -0.481 e. The molecule has 1 aliphatic rings. The number of hydrogen-bond donors (Lipinski definition) is 2. The second kappa shape index (κ2) is 8.50. The molecule has 0 atom stereocenters. The van der Waals surface area contributed by atoms with Crippen LogP contribution >= 0.6 is 15.9 Å². The Morgan fingerprint density at radius 2 is 2.12 bits per heavy atom. The van der Waals surface area contributed by atoms with Gasteiger partial charge in [0.05, 0.1) is 0 Å². The van der Waals surface area contributed by atoms with Crippen LogP contribution in [0.25, 0.3) is 6.08 Å². The number of carbonyl (C=O) groups is 2. The molecule has 0 spiro atoms. The van der Waals surface area contributed by atoms with Gasteiger partial charge in [-0.3, -0.25) is 4.79 Å². The first-order valence-electron chi connectivity index (χ1n) is 7.56. The van der Waals surface area contributed by atoms with Crippen LogP contribution in [0.1, 0.15) is 31.2 Å². The topological polar surface area (TPSA) is 99.4 Å². The van der Waals surface area contributed by atoms with Crippen molar-refractivity contribution in [2.24, 2.45) is 0 Å². The summed E-state index contributed by atoms with van der Waals surface area (Å²) in [6.07, 6.45) is 5.42. The first kappa shape index (κ1) is 18.0. The van der Waals surface area contributed by atoms with E-state index in [0.717, 1.165) is 30.2 Å². The number of nitrogens with zero attached hydrogens (tertiary/aromatic N) is 1. The third-order valence-corrected chi connectivity index (χ3v) is 4.17. The second-order valence-electron chi connectivity index (χ2n) is 5.49. The van der Waals surface area contributed by atoms with E-state index in [-0.39, 0.29) is 11.6 Å². The first-order valence-corrected chi connectivity index (χ1v) is 8.35. The van der Waals surface area contributed by atoms with Gasteiger partial charge in [0, 0.05) is 16.1 Å². The quantitative estimate of drug-likeness (QED) is 0.572. The third-order valence-electron chi connectivity index (χ3n) is 3.68. The van der Waals surface area contributed by atoms with E-state index < -0.39 is 18.5 Å². The van der Waals surface area contributed by atoms with Gasteiger partial charge in [-0.1, -0.05) is 28.8 Å². The number of rotatable bonds is 6. The normalized spacial score (nSPS) is 14.9. The van der Waals surface area contributed by atoms with E-state index in [2.05, 4.69) is 21.2 Å². The average Bonchev–Trinajstić information content (AvgIpc) is 3.04. The van der Waals surface area contributed by atoms with E-state index in [1.54, 1.807) is 18.2 Å². The molecule has 1 aromatic rings. The molecule has 2 rings (SSSR count). The Hall–Kier alpha value is -2.33. The molecule has 6 nitrogen and oxygen atoms in total. The molecule has 0 unspecified atom stereocenters. The van der Waals surface area contributed by atoms with Gasteiger partial charge in [0.1, 0.15) is 17.4 Å². The second-order valence-corrected chi connectivity index (χ2v) is 6.40. The number of nitrogens with one attached hydrogen (secondary N) is 1. The number of benzene rings is 1. The summed E-state index contributed by atoms with van der Waals surface area (Å²) < 4.78 is 5.93. The average molecular weight is 393 g/mol. The molecule has 0 heterocycles. The summed E-state index contributed by atoms with van der Waals surface area (Å²) in [6.45, 7) is -0.501. The van der Waals surface area contributed by atoms with Crippen LogP contribution in [0.4, 0.5) is 0 Å². The number of aliphatic carboxylic acids is 1. The maximum absolute atomic E-state index is 12.2. The Morgan fingerprint density at radius 3 is 2.75 bits per heavy atom. The highest BCUT2D eigenvalue weighted by Crippen LogP contribution is 2.26. The molecule has 0 aliphatic heterocycles. The van der Waals surface area contributed by atoms with Gasteiger partial charge in [-0.05, 0) is 37.1 Å². The van der Waals surface area contributed by atoms with Crippen molar-refractivity contribution in [3.63, 3.8) is 0 Å². The SMILES string of the molecule is N#C/C(=C/c1cc(Br)ccc1OCC(=O)O)C(=O)NC1CCCC1. The zero-order chi connectivity index (χ0) is 17.5. The van der Waals surface area contributed by atoms with Gasteiger partial charge in [-0.2, -0.15) is 5.26 Å². The molecule has 126 valence electrons. The van der Waals surface area contributed by atoms with Crippen LogP contribution in [0.15, 0.2) is 28.2 Å². The molecule has 1 aliphatic carbocycles. The molecule has 7 heteroatoms. The molecule has 1 aromatic carbocycles. The molecule has 0 aromatic heterocycles. The zero-order valence-corrected chi connectivity index (χ0v) is 14.5. The lowest BCUT2D eigenvalue weighted by Gasteiger charge is -2.12. The first-order chi connectivity index (χ1) is 11.5. The van der Waals surface area contributed by atoms with Crippen molar-refractivity contribution in [2.75, 3.05) is 6.61 Å². The molecular weight excluding hydrogens is 376 g/mol. The fourth-order valence-corrected chi connectivity index (χ4v) is 2.92. The molecule has 2 N–H and O–H groups in total. The summed E-state index contributed by atoms with van der Waals surface area (Å²) in [7, 11) is 0. The lowest BCUT2D eigenvalue weighted by atomic mass is 10.1. The largest absolute Gasteiger partial charge is 0.481 e. The van der Waals surface area contributed by atoms with Crippen LogP contribution < -0.4 is 10.1 Å². The van der Waals surface area contributed by atoms with Crippen molar-refractivity contribution >= 4 is 33.9 Å². The number of nitriles is 1. The highest BCUT2D eigenvalue weighted by Gasteiger charge is 2.19. The van der Waals surface area contributed by atoms with E-state index in [9.17, 15) is 14.9 Å². The van der Waals surface area contributed by atoms with Gasteiger partial charge < -0.3 is 15.2 Å². The van der Waals surface area contributed by atoms with Gasteiger partial charge in [0.2, 0.25) is 0 Å². The van der Waals surface area contributed by atoms with Crippen LogP contribution in [0.5, 0.6) is 5.75 Å². The molecule has 0 bridgehead atoms. The number of carboxylic acid groups (broad SMARTS) is 1. The molecular formula is C17H17BrN2O4. The van der Waals surface area contributed by atoms with E-state index in [1.807, 2.05) is 6.07 Å². The number of hydrogen-bond acceptors (Lipinski definition) is 4. The number of carboxylic acids is 1.